The molecule has 0 saturated heterocycles. The Bertz CT molecular complexity index is 2010. The van der Waals surface area contributed by atoms with Crippen molar-refractivity contribution in [2.45, 2.75) is 0 Å². The van der Waals surface area contributed by atoms with Crippen molar-refractivity contribution in [2.24, 2.45) is 0 Å². The Balaban J connectivity index is 1.35. The molecule has 0 radical (unpaired) electrons. The number of methoxy groups -OCH3 is 2. The summed E-state index contributed by atoms with van der Waals surface area (Å²) in [5, 5.41) is 3.97. The zero-order valence-corrected chi connectivity index (χ0v) is 26.0. The molecule has 0 spiro atoms. The first-order chi connectivity index (χ1) is 22.2. The molecule has 0 amide bonds. The van der Waals surface area contributed by atoms with Gasteiger partial charge in [-0.3, -0.25) is 0 Å². The van der Waals surface area contributed by atoms with E-state index in [9.17, 15) is 0 Å². The Morgan fingerprint density at radius 2 is 0.889 bits per heavy atom. The highest BCUT2D eigenvalue weighted by molar-refractivity contribution is 7.79. The Morgan fingerprint density at radius 3 is 1.40 bits per heavy atom. The number of hydrogen-bond donors (Lipinski definition) is 0. The zero-order chi connectivity index (χ0) is 30.6. The predicted molar refractivity (Wildman–Crippen MR) is 188 cm³/mol. The van der Waals surface area contributed by atoms with Gasteiger partial charge in [0.1, 0.15) is 11.5 Å². The number of aromatic nitrogens is 2. The minimum atomic E-state index is -0.683. The Morgan fingerprint density at radius 1 is 0.422 bits per heavy atom. The van der Waals surface area contributed by atoms with Crippen LogP contribution in [0.25, 0.3) is 44.7 Å². The van der Waals surface area contributed by atoms with Crippen LogP contribution in [0.3, 0.4) is 0 Å². The van der Waals surface area contributed by atoms with E-state index in [0.29, 0.717) is 0 Å². The average molecular weight is 603 g/mol. The summed E-state index contributed by atoms with van der Waals surface area (Å²) in [5.74, 6) is 1.60. The number of ether oxygens (including phenoxy) is 2. The minimum absolute atomic E-state index is 0.683. The van der Waals surface area contributed by atoms with E-state index in [2.05, 4.69) is 97.1 Å². The molecule has 0 saturated carbocycles. The average Bonchev–Trinajstić information content (AvgIpc) is 3.12. The van der Waals surface area contributed by atoms with Gasteiger partial charge >= 0.3 is 0 Å². The topological polar surface area (TPSA) is 44.2 Å². The highest BCUT2D eigenvalue weighted by atomic mass is 31.1. The Kier molecular flexibility index (Phi) is 8.06. The lowest BCUT2D eigenvalue weighted by atomic mass is 10.0. The third kappa shape index (κ3) is 5.81. The van der Waals surface area contributed by atoms with E-state index in [1.807, 2.05) is 54.6 Å². The van der Waals surface area contributed by atoms with Gasteiger partial charge in [0.2, 0.25) is 0 Å². The molecule has 218 valence electrons. The van der Waals surface area contributed by atoms with Crippen LogP contribution >= 0.6 is 7.92 Å². The van der Waals surface area contributed by atoms with Crippen molar-refractivity contribution in [2.75, 3.05) is 14.2 Å². The molecular weight excluding hydrogens is 571 g/mol. The predicted octanol–water partition coefficient (Wildman–Crippen LogP) is 8.41. The van der Waals surface area contributed by atoms with Crippen LogP contribution in [-0.4, -0.2) is 24.2 Å². The normalized spacial score (nSPS) is 11.1. The minimum Gasteiger partial charge on any atom is -0.497 e. The summed E-state index contributed by atoms with van der Waals surface area (Å²) in [7, 11) is 2.67. The molecule has 7 aromatic rings. The molecule has 6 aromatic carbocycles. The smallest absolute Gasteiger partial charge is 0.118 e. The van der Waals surface area contributed by atoms with Crippen LogP contribution in [0.5, 0.6) is 11.5 Å². The van der Waals surface area contributed by atoms with Gasteiger partial charge in [0.25, 0.3) is 0 Å². The first-order valence-electron chi connectivity index (χ1n) is 14.8. The molecule has 7 rings (SSSR count). The molecule has 0 aliphatic carbocycles. The molecule has 1 aromatic heterocycles. The summed E-state index contributed by atoms with van der Waals surface area (Å²) in [6.07, 6.45) is 0. The first kappa shape index (κ1) is 28.5. The van der Waals surface area contributed by atoms with Gasteiger partial charge in [0.05, 0.1) is 36.6 Å². The van der Waals surface area contributed by atoms with E-state index in [4.69, 9.17) is 19.4 Å². The molecular formula is C40H31N2O2P. The van der Waals surface area contributed by atoms with Gasteiger partial charge in [0, 0.05) is 16.7 Å². The molecule has 1 heterocycles. The fourth-order valence-electron chi connectivity index (χ4n) is 5.60. The maximum Gasteiger partial charge on any atom is 0.118 e. The summed E-state index contributed by atoms with van der Waals surface area (Å²) in [5.41, 5.74) is 7.44. The molecule has 5 heteroatoms. The molecule has 0 atom stereocenters. The second kappa shape index (κ2) is 12.7. The molecule has 0 aliphatic rings. The van der Waals surface area contributed by atoms with E-state index < -0.39 is 7.92 Å². The molecule has 4 nitrogen and oxygen atoms in total. The summed E-state index contributed by atoms with van der Waals surface area (Å²) in [4.78, 5) is 10.5. The quantitative estimate of drug-likeness (QED) is 0.164. The largest absolute Gasteiger partial charge is 0.497 e. The Labute approximate surface area is 264 Å². The number of fused-ring (bicyclic) bond motifs is 1. The van der Waals surface area contributed by atoms with E-state index in [1.54, 1.807) is 14.2 Å². The summed E-state index contributed by atoms with van der Waals surface area (Å²) < 4.78 is 10.8. The van der Waals surface area contributed by atoms with Gasteiger partial charge in [-0.25, -0.2) is 9.97 Å². The lowest BCUT2D eigenvalue weighted by Crippen LogP contribution is -2.20. The van der Waals surface area contributed by atoms with Crippen LogP contribution in [0.4, 0.5) is 0 Å². The summed E-state index contributed by atoms with van der Waals surface area (Å²) >= 11 is 0. The molecule has 45 heavy (non-hydrogen) atoms. The van der Waals surface area contributed by atoms with Crippen LogP contribution in [0.1, 0.15) is 0 Å². The fourth-order valence-corrected chi connectivity index (χ4v) is 7.88. The van der Waals surface area contributed by atoms with Crippen LogP contribution in [0.2, 0.25) is 0 Å². The molecule has 0 aliphatic heterocycles. The maximum atomic E-state index is 5.43. The van der Waals surface area contributed by atoms with Crippen LogP contribution in [-0.2, 0) is 0 Å². The van der Waals surface area contributed by atoms with Gasteiger partial charge in [-0.1, -0.05) is 97.1 Å². The van der Waals surface area contributed by atoms with Crippen molar-refractivity contribution >= 4 is 34.9 Å². The number of rotatable bonds is 8. The van der Waals surface area contributed by atoms with E-state index in [-0.39, 0.29) is 0 Å². The third-order valence-corrected chi connectivity index (χ3v) is 10.3. The first-order valence-corrected chi connectivity index (χ1v) is 16.2. The van der Waals surface area contributed by atoms with Crippen molar-refractivity contribution < 1.29 is 9.47 Å². The third-order valence-electron chi connectivity index (χ3n) is 7.89. The maximum absolute atomic E-state index is 5.43. The summed E-state index contributed by atoms with van der Waals surface area (Å²) in [6.45, 7) is 0. The van der Waals surface area contributed by atoms with Crippen molar-refractivity contribution in [1.82, 2.24) is 9.97 Å². The van der Waals surface area contributed by atoms with Crippen molar-refractivity contribution in [1.29, 1.82) is 0 Å². The number of benzene rings is 6. The van der Waals surface area contributed by atoms with Gasteiger partial charge in [-0.2, -0.15) is 0 Å². The van der Waals surface area contributed by atoms with Gasteiger partial charge in [-0.05, 0) is 84.0 Å². The zero-order valence-electron chi connectivity index (χ0n) is 25.1. The fraction of sp³-hybridized carbons (Fsp3) is 0.0500. The Hall–Kier alpha value is -5.31. The van der Waals surface area contributed by atoms with Crippen LogP contribution < -0.4 is 25.4 Å². The molecule has 0 bridgehead atoms. The van der Waals surface area contributed by atoms with Crippen molar-refractivity contribution in [3.63, 3.8) is 0 Å². The van der Waals surface area contributed by atoms with Crippen molar-refractivity contribution in [3.8, 4) is 45.1 Å². The standard InChI is InChI=1S/C40H31N2O2P/c1-43-31-22-16-29(17-23-31)38-39(30-18-24-32(44-2)25-19-30)42-40-36(14-9-15-37(40)41-38)28-20-26-35(27-21-28)45(33-10-5-3-6-11-33)34-12-7-4-8-13-34/h3-27H,1-2H3. The van der Waals surface area contributed by atoms with Crippen LogP contribution in [0, 0.1) is 0 Å². The summed E-state index contributed by atoms with van der Waals surface area (Å²) in [6, 6.07) is 52.7. The van der Waals surface area contributed by atoms with Crippen LogP contribution in [0.15, 0.2) is 152 Å². The van der Waals surface area contributed by atoms with Gasteiger partial charge in [0.15, 0.2) is 0 Å². The highest BCUT2D eigenvalue weighted by Crippen LogP contribution is 2.37. The second-order valence-corrected chi connectivity index (χ2v) is 12.8. The van der Waals surface area contributed by atoms with Gasteiger partial charge < -0.3 is 9.47 Å². The SMILES string of the molecule is COc1ccc(-c2nc3cccc(-c4ccc(P(c5ccccc5)c5ccccc5)cc4)c3nc2-c2ccc(OC)cc2)cc1. The second-order valence-electron chi connectivity index (χ2n) is 10.6. The van der Waals surface area contributed by atoms with Gasteiger partial charge in [-0.15, -0.1) is 0 Å². The molecule has 0 fully saturated rings. The lowest BCUT2D eigenvalue weighted by Gasteiger charge is -2.20. The lowest BCUT2D eigenvalue weighted by molar-refractivity contribution is 0.414. The highest BCUT2D eigenvalue weighted by Gasteiger charge is 2.18. The number of nitrogens with zero attached hydrogens (tertiary/aromatic N) is 2. The van der Waals surface area contributed by atoms with Crippen molar-refractivity contribution in [3.05, 3.63) is 152 Å². The molecule has 0 N–H and O–H groups in total. The van der Waals surface area contributed by atoms with E-state index >= 15 is 0 Å². The number of hydrogen-bond acceptors (Lipinski definition) is 4. The monoisotopic (exact) mass is 602 g/mol. The number of para-hydroxylation sites is 1. The van der Waals surface area contributed by atoms with E-state index in [0.717, 1.165) is 56.2 Å². The molecule has 0 unspecified atom stereocenters. The van der Waals surface area contributed by atoms with E-state index in [1.165, 1.54) is 15.9 Å².